The Morgan fingerprint density at radius 1 is 0.938 bits per heavy atom. The molecule has 0 radical (unpaired) electrons. The van der Waals surface area contributed by atoms with Crippen molar-refractivity contribution >= 4 is 16.7 Å². The number of ether oxygens (including phenoxy) is 1. The highest BCUT2D eigenvalue weighted by Gasteiger charge is 2.11. The summed E-state index contributed by atoms with van der Waals surface area (Å²) in [6, 6.07) is 17.9. The van der Waals surface area contributed by atoms with Crippen LogP contribution >= 0.6 is 0 Å². The summed E-state index contributed by atoms with van der Waals surface area (Å²) in [4.78, 5) is 12.1. The SMILES string of the molecule is c1cnn(CCOc2ccc(-c3ccc4ncc(-c5cnc6[nH]ccc6c5)n4n3)cc2)c1. The van der Waals surface area contributed by atoms with Crippen molar-refractivity contribution in [2.24, 2.45) is 0 Å². The molecule has 0 unspecified atom stereocenters. The highest BCUT2D eigenvalue weighted by atomic mass is 16.5. The third-order valence-corrected chi connectivity index (χ3v) is 5.36. The minimum Gasteiger partial charge on any atom is -0.492 e. The van der Waals surface area contributed by atoms with Gasteiger partial charge in [0.15, 0.2) is 5.65 Å². The summed E-state index contributed by atoms with van der Waals surface area (Å²) >= 11 is 0. The molecule has 0 saturated carbocycles. The lowest BCUT2D eigenvalue weighted by Gasteiger charge is -2.08. The molecule has 0 aliphatic heterocycles. The third-order valence-electron chi connectivity index (χ3n) is 5.36. The van der Waals surface area contributed by atoms with E-state index in [1.807, 2.05) is 82.5 Å². The quantitative estimate of drug-likeness (QED) is 0.435. The van der Waals surface area contributed by atoms with E-state index in [0.717, 1.165) is 44.9 Å². The number of pyridine rings is 1. The first-order chi connectivity index (χ1) is 15.8. The third kappa shape index (κ3) is 3.37. The van der Waals surface area contributed by atoms with Gasteiger partial charge in [-0.05, 0) is 54.6 Å². The van der Waals surface area contributed by atoms with Crippen LogP contribution in [-0.2, 0) is 6.54 Å². The summed E-state index contributed by atoms with van der Waals surface area (Å²) in [5.74, 6) is 0.816. The summed E-state index contributed by atoms with van der Waals surface area (Å²) in [6.07, 6.45) is 9.24. The number of fused-ring (bicyclic) bond motifs is 2. The van der Waals surface area contributed by atoms with Crippen LogP contribution in [0.15, 0.2) is 85.6 Å². The molecule has 0 aliphatic rings. The average Bonchev–Trinajstić information content (AvgIpc) is 3.59. The summed E-state index contributed by atoms with van der Waals surface area (Å²) in [7, 11) is 0. The lowest BCUT2D eigenvalue weighted by molar-refractivity contribution is 0.291. The van der Waals surface area contributed by atoms with E-state index < -0.39 is 0 Å². The number of benzene rings is 1. The van der Waals surface area contributed by atoms with Crippen LogP contribution in [0.2, 0.25) is 0 Å². The zero-order valence-corrected chi connectivity index (χ0v) is 17.1. The molecule has 0 aliphatic carbocycles. The number of H-pyrrole nitrogens is 1. The van der Waals surface area contributed by atoms with Gasteiger partial charge in [-0.1, -0.05) is 0 Å². The lowest BCUT2D eigenvalue weighted by Crippen LogP contribution is -2.08. The molecule has 1 aromatic carbocycles. The van der Waals surface area contributed by atoms with Crippen molar-refractivity contribution in [3.8, 4) is 28.3 Å². The van der Waals surface area contributed by atoms with Crippen molar-refractivity contribution in [3.05, 3.63) is 85.6 Å². The Labute approximate surface area is 183 Å². The number of aromatic amines is 1. The van der Waals surface area contributed by atoms with Gasteiger partial charge in [-0.2, -0.15) is 10.2 Å². The molecular weight excluding hydrogens is 402 g/mol. The number of imidazole rings is 1. The first-order valence-corrected chi connectivity index (χ1v) is 10.3. The number of rotatable bonds is 6. The molecule has 8 heteroatoms. The fourth-order valence-electron chi connectivity index (χ4n) is 3.72. The second-order valence-electron chi connectivity index (χ2n) is 7.41. The molecule has 6 aromatic rings. The van der Waals surface area contributed by atoms with Gasteiger partial charge in [0.2, 0.25) is 0 Å². The number of hydrogen-bond donors (Lipinski definition) is 1. The zero-order chi connectivity index (χ0) is 21.3. The Kier molecular flexibility index (Phi) is 4.39. The molecule has 0 saturated heterocycles. The standard InChI is InChI=1S/C24H19N7O/c1-9-28-30(11-1)12-13-32-20-4-2-17(3-5-20)21-6-7-23-26-16-22(31(23)29-21)19-14-18-8-10-25-24(18)27-15-19/h1-11,14-16H,12-13H2,(H,25,27). The van der Waals surface area contributed by atoms with Crippen molar-refractivity contribution in [2.45, 2.75) is 6.54 Å². The van der Waals surface area contributed by atoms with Gasteiger partial charge in [0.05, 0.1) is 24.1 Å². The number of nitrogens with zero attached hydrogens (tertiary/aromatic N) is 6. The van der Waals surface area contributed by atoms with Gasteiger partial charge in [0.1, 0.15) is 18.0 Å². The van der Waals surface area contributed by atoms with Crippen LogP contribution in [0.4, 0.5) is 0 Å². The molecule has 5 aromatic heterocycles. The van der Waals surface area contributed by atoms with Crippen molar-refractivity contribution in [2.75, 3.05) is 6.61 Å². The van der Waals surface area contributed by atoms with Gasteiger partial charge in [-0.15, -0.1) is 0 Å². The predicted molar refractivity (Wildman–Crippen MR) is 121 cm³/mol. The maximum absolute atomic E-state index is 5.83. The average molecular weight is 421 g/mol. The van der Waals surface area contributed by atoms with Crippen LogP contribution in [0.1, 0.15) is 0 Å². The van der Waals surface area contributed by atoms with Crippen molar-refractivity contribution in [1.82, 2.24) is 34.3 Å². The van der Waals surface area contributed by atoms with E-state index in [4.69, 9.17) is 9.84 Å². The Morgan fingerprint density at radius 2 is 1.88 bits per heavy atom. The van der Waals surface area contributed by atoms with E-state index in [1.54, 1.807) is 6.20 Å². The molecule has 156 valence electrons. The van der Waals surface area contributed by atoms with E-state index in [0.29, 0.717) is 13.2 Å². The van der Waals surface area contributed by atoms with Crippen LogP contribution in [-0.4, -0.2) is 41.0 Å². The van der Waals surface area contributed by atoms with Crippen LogP contribution in [0.3, 0.4) is 0 Å². The molecule has 5 heterocycles. The molecular formula is C24H19N7O. The Balaban J connectivity index is 1.26. The minimum absolute atomic E-state index is 0.559. The molecule has 6 rings (SSSR count). The molecule has 0 spiro atoms. The van der Waals surface area contributed by atoms with Crippen molar-refractivity contribution < 1.29 is 4.74 Å². The van der Waals surface area contributed by atoms with E-state index >= 15 is 0 Å². The van der Waals surface area contributed by atoms with Gasteiger partial charge < -0.3 is 9.72 Å². The fraction of sp³-hybridized carbons (Fsp3) is 0.0833. The number of aromatic nitrogens is 7. The van der Waals surface area contributed by atoms with Crippen molar-refractivity contribution in [1.29, 1.82) is 0 Å². The van der Waals surface area contributed by atoms with Crippen LogP contribution < -0.4 is 4.74 Å². The normalized spacial score (nSPS) is 11.4. The van der Waals surface area contributed by atoms with E-state index in [2.05, 4.69) is 26.1 Å². The van der Waals surface area contributed by atoms with Gasteiger partial charge in [0.25, 0.3) is 0 Å². The maximum atomic E-state index is 5.83. The Morgan fingerprint density at radius 3 is 2.75 bits per heavy atom. The predicted octanol–water partition coefficient (Wildman–Crippen LogP) is 4.22. The molecule has 0 amide bonds. The molecule has 32 heavy (non-hydrogen) atoms. The molecule has 0 fully saturated rings. The van der Waals surface area contributed by atoms with Gasteiger partial charge >= 0.3 is 0 Å². The first-order valence-electron chi connectivity index (χ1n) is 10.3. The van der Waals surface area contributed by atoms with Gasteiger partial charge in [-0.25, -0.2) is 14.5 Å². The first kappa shape index (κ1) is 18.3. The number of hydrogen-bond acceptors (Lipinski definition) is 5. The smallest absolute Gasteiger partial charge is 0.154 e. The highest BCUT2D eigenvalue weighted by Crippen LogP contribution is 2.25. The zero-order valence-electron chi connectivity index (χ0n) is 17.1. The van der Waals surface area contributed by atoms with Crippen LogP contribution in [0.25, 0.3) is 39.2 Å². The lowest BCUT2D eigenvalue weighted by atomic mass is 10.1. The fourth-order valence-corrected chi connectivity index (χ4v) is 3.72. The largest absolute Gasteiger partial charge is 0.492 e. The second-order valence-corrected chi connectivity index (χ2v) is 7.41. The summed E-state index contributed by atoms with van der Waals surface area (Å²) in [6.45, 7) is 1.27. The molecule has 8 nitrogen and oxygen atoms in total. The van der Waals surface area contributed by atoms with Crippen molar-refractivity contribution in [3.63, 3.8) is 0 Å². The monoisotopic (exact) mass is 421 g/mol. The number of nitrogens with one attached hydrogen (secondary N) is 1. The van der Waals surface area contributed by atoms with Crippen LogP contribution in [0, 0.1) is 0 Å². The second kappa shape index (κ2) is 7.66. The Bertz CT molecular complexity index is 1500. The minimum atomic E-state index is 0.559. The Hall–Kier alpha value is -4.46. The molecule has 0 bridgehead atoms. The molecule has 1 N–H and O–H groups in total. The maximum Gasteiger partial charge on any atom is 0.154 e. The van der Waals surface area contributed by atoms with E-state index in [-0.39, 0.29) is 0 Å². The van der Waals surface area contributed by atoms with Gasteiger partial charge in [-0.3, -0.25) is 4.68 Å². The van der Waals surface area contributed by atoms with E-state index in [9.17, 15) is 0 Å². The summed E-state index contributed by atoms with van der Waals surface area (Å²) < 4.78 is 9.53. The van der Waals surface area contributed by atoms with Gasteiger partial charge in [0, 0.05) is 41.3 Å². The molecule has 0 atom stereocenters. The summed E-state index contributed by atoms with van der Waals surface area (Å²) in [5, 5.41) is 10.1. The topological polar surface area (TPSA) is 85.9 Å². The van der Waals surface area contributed by atoms with E-state index in [1.165, 1.54) is 0 Å². The van der Waals surface area contributed by atoms with Crippen LogP contribution in [0.5, 0.6) is 5.75 Å². The highest BCUT2D eigenvalue weighted by molar-refractivity contribution is 5.81. The summed E-state index contributed by atoms with van der Waals surface area (Å²) in [5.41, 5.74) is 5.38.